The van der Waals surface area contributed by atoms with Gasteiger partial charge in [0.15, 0.2) is 0 Å². The SMILES string of the molecule is CCOP(=O)(Cc1cc(F)c([N+](=O)[O-])cc1Cl)OCC.O=[N+]([O-])c1cc(Cl)c(CBr)cc1F. The summed E-state index contributed by atoms with van der Waals surface area (Å²) in [6, 6.07) is 3.82. The van der Waals surface area contributed by atoms with Crippen LogP contribution in [0, 0.1) is 31.9 Å². The van der Waals surface area contributed by atoms with Gasteiger partial charge in [-0.15, -0.1) is 0 Å². The monoisotopic (exact) mass is 592 g/mol. The van der Waals surface area contributed by atoms with Crippen molar-refractivity contribution in [2.24, 2.45) is 0 Å². The van der Waals surface area contributed by atoms with E-state index in [0.29, 0.717) is 10.9 Å². The largest absolute Gasteiger partial charge is 0.335 e. The highest BCUT2D eigenvalue weighted by molar-refractivity contribution is 9.08. The van der Waals surface area contributed by atoms with Crippen LogP contribution < -0.4 is 0 Å². The Bertz CT molecular complexity index is 1070. The van der Waals surface area contributed by atoms with Crippen LogP contribution in [-0.2, 0) is 25.1 Å². The van der Waals surface area contributed by atoms with E-state index in [1.807, 2.05) is 0 Å². The predicted molar refractivity (Wildman–Crippen MR) is 123 cm³/mol. The maximum atomic E-state index is 13.6. The summed E-state index contributed by atoms with van der Waals surface area (Å²) in [5.41, 5.74) is -0.708. The molecular formula is C18H18BrCl2F2N2O7P. The summed E-state index contributed by atoms with van der Waals surface area (Å²) in [5.74, 6) is -1.92. The summed E-state index contributed by atoms with van der Waals surface area (Å²) in [7, 11) is -3.45. The minimum absolute atomic E-state index is 0.0577. The average Bonchev–Trinajstić information content (AvgIpc) is 2.72. The van der Waals surface area contributed by atoms with Gasteiger partial charge in [0, 0.05) is 17.5 Å². The van der Waals surface area contributed by atoms with E-state index in [1.54, 1.807) is 13.8 Å². The lowest BCUT2D eigenvalue weighted by molar-refractivity contribution is -0.387. The summed E-state index contributed by atoms with van der Waals surface area (Å²) in [6.45, 7) is 3.60. The fourth-order valence-corrected chi connectivity index (χ4v) is 5.28. The topological polar surface area (TPSA) is 122 Å². The van der Waals surface area contributed by atoms with Crippen LogP contribution in [0.25, 0.3) is 0 Å². The molecule has 0 spiro atoms. The van der Waals surface area contributed by atoms with Crippen molar-refractivity contribution in [3.63, 3.8) is 0 Å². The second-order valence-corrected chi connectivity index (χ2v) is 9.47. The standard InChI is InChI=1S/C11H14ClFNO5P.C7H4BrClFNO2/c1-3-18-20(17,19-4-2)7-8-5-10(13)11(14(15)16)6-9(8)12;8-3-4-1-6(10)7(11(12)13)2-5(4)9/h5-6H,3-4,7H2,1-2H3;1-2H,3H2. The lowest BCUT2D eigenvalue weighted by Crippen LogP contribution is -2.01. The van der Waals surface area contributed by atoms with Crippen molar-refractivity contribution in [1.82, 2.24) is 0 Å². The maximum absolute atomic E-state index is 13.6. The summed E-state index contributed by atoms with van der Waals surface area (Å²) >= 11 is 14.6. The molecule has 0 saturated heterocycles. The fraction of sp³-hybridized carbons (Fsp3) is 0.333. The Morgan fingerprint density at radius 2 is 1.30 bits per heavy atom. The molecule has 2 aromatic carbocycles. The molecule has 0 fully saturated rings. The van der Waals surface area contributed by atoms with Gasteiger partial charge in [-0.3, -0.25) is 24.8 Å². The van der Waals surface area contributed by atoms with Crippen molar-refractivity contribution >= 4 is 58.1 Å². The number of rotatable bonds is 9. The smallest absolute Gasteiger partial charge is 0.309 e. The molecule has 33 heavy (non-hydrogen) atoms. The van der Waals surface area contributed by atoms with Gasteiger partial charge in [0.05, 0.1) is 39.3 Å². The van der Waals surface area contributed by atoms with Gasteiger partial charge in [-0.2, -0.15) is 8.78 Å². The molecule has 0 aliphatic carbocycles. The molecule has 0 aromatic heterocycles. The van der Waals surface area contributed by atoms with E-state index in [0.717, 1.165) is 24.3 Å². The van der Waals surface area contributed by atoms with Crippen LogP contribution in [0.15, 0.2) is 24.3 Å². The quantitative estimate of drug-likeness (QED) is 0.128. The highest BCUT2D eigenvalue weighted by Crippen LogP contribution is 2.52. The zero-order valence-electron chi connectivity index (χ0n) is 17.2. The summed E-state index contributed by atoms with van der Waals surface area (Å²) < 4.78 is 48.9. The minimum atomic E-state index is -3.45. The second-order valence-electron chi connectivity index (χ2n) is 6.04. The molecule has 0 bridgehead atoms. The highest BCUT2D eigenvalue weighted by atomic mass is 79.9. The van der Waals surface area contributed by atoms with E-state index in [4.69, 9.17) is 32.2 Å². The minimum Gasteiger partial charge on any atom is -0.309 e. The number of nitrogens with zero attached hydrogens (tertiary/aromatic N) is 2. The van der Waals surface area contributed by atoms with Crippen LogP contribution >= 0.6 is 46.7 Å². The van der Waals surface area contributed by atoms with E-state index >= 15 is 0 Å². The maximum Gasteiger partial charge on any atom is 0.335 e. The van der Waals surface area contributed by atoms with Gasteiger partial charge in [0.2, 0.25) is 11.6 Å². The molecule has 15 heteroatoms. The molecule has 2 aromatic rings. The molecule has 0 radical (unpaired) electrons. The first kappa shape index (κ1) is 29.3. The van der Waals surface area contributed by atoms with E-state index < -0.39 is 40.5 Å². The Hall–Kier alpha value is -1.69. The van der Waals surface area contributed by atoms with Gasteiger partial charge >= 0.3 is 19.0 Å². The molecule has 2 rings (SSSR count). The molecule has 0 atom stereocenters. The van der Waals surface area contributed by atoms with Crippen molar-refractivity contribution in [2.75, 3.05) is 13.2 Å². The van der Waals surface area contributed by atoms with Gasteiger partial charge < -0.3 is 9.05 Å². The lowest BCUT2D eigenvalue weighted by atomic mass is 10.2. The van der Waals surface area contributed by atoms with E-state index in [1.165, 1.54) is 0 Å². The van der Waals surface area contributed by atoms with E-state index in [-0.39, 0.29) is 35.0 Å². The van der Waals surface area contributed by atoms with Crippen LogP contribution in [0.5, 0.6) is 0 Å². The molecule has 0 heterocycles. The van der Waals surface area contributed by atoms with Gasteiger partial charge in [-0.05, 0) is 37.1 Å². The number of halogens is 5. The summed E-state index contributed by atoms with van der Waals surface area (Å²) in [4.78, 5) is 19.2. The number of hydrogen-bond acceptors (Lipinski definition) is 7. The first-order valence-electron chi connectivity index (χ1n) is 9.07. The zero-order chi connectivity index (χ0) is 25.3. The Labute approximate surface area is 205 Å². The van der Waals surface area contributed by atoms with Crippen LogP contribution in [0.1, 0.15) is 25.0 Å². The number of nitro groups is 2. The van der Waals surface area contributed by atoms with Crippen LogP contribution in [-0.4, -0.2) is 23.1 Å². The molecule has 0 saturated carbocycles. The van der Waals surface area contributed by atoms with E-state index in [9.17, 15) is 33.6 Å². The number of alkyl halides is 1. The third kappa shape index (κ3) is 8.55. The van der Waals surface area contributed by atoms with Crippen molar-refractivity contribution < 1.29 is 32.2 Å². The van der Waals surface area contributed by atoms with Gasteiger partial charge in [-0.1, -0.05) is 39.1 Å². The van der Waals surface area contributed by atoms with Crippen molar-refractivity contribution in [3.05, 3.63) is 77.3 Å². The Balaban J connectivity index is 0.000000361. The lowest BCUT2D eigenvalue weighted by Gasteiger charge is -2.17. The van der Waals surface area contributed by atoms with Gasteiger partial charge in [-0.25, -0.2) is 0 Å². The van der Waals surface area contributed by atoms with E-state index in [2.05, 4.69) is 15.9 Å². The molecule has 0 aliphatic rings. The second kappa shape index (κ2) is 13.3. The summed E-state index contributed by atoms with van der Waals surface area (Å²) in [6.07, 6.45) is -0.248. The average molecular weight is 594 g/mol. The number of benzene rings is 2. The van der Waals surface area contributed by atoms with Crippen molar-refractivity contribution in [3.8, 4) is 0 Å². The Kier molecular flexibility index (Phi) is 11.8. The fourth-order valence-electron chi connectivity index (χ4n) is 2.39. The molecule has 0 amide bonds. The number of hydrogen-bond donors (Lipinski definition) is 0. The molecular weight excluding hydrogens is 576 g/mol. The first-order valence-corrected chi connectivity index (χ1v) is 12.7. The predicted octanol–water partition coefficient (Wildman–Crippen LogP) is 7.44. The Morgan fingerprint density at radius 1 is 0.909 bits per heavy atom. The van der Waals surface area contributed by atoms with Crippen LogP contribution in [0.2, 0.25) is 10.0 Å². The Morgan fingerprint density at radius 3 is 1.67 bits per heavy atom. The zero-order valence-corrected chi connectivity index (χ0v) is 21.2. The first-order chi connectivity index (χ1) is 15.4. The third-order valence-corrected chi connectivity index (χ3v) is 7.12. The molecule has 9 nitrogen and oxygen atoms in total. The van der Waals surface area contributed by atoms with Gasteiger partial charge in [0.25, 0.3) is 0 Å². The molecule has 0 aliphatic heterocycles. The molecule has 0 N–H and O–H groups in total. The van der Waals surface area contributed by atoms with Crippen LogP contribution in [0.4, 0.5) is 20.2 Å². The normalized spacial score (nSPS) is 11.0. The van der Waals surface area contributed by atoms with Crippen molar-refractivity contribution in [1.29, 1.82) is 0 Å². The molecule has 0 unspecified atom stereocenters. The summed E-state index contributed by atoms with van der Waals surface area (Å²) in [5, 5.41) is 21.3. The number of nitro benzene ring substituents is 2. The molecule has 182 valence electrons. The third-order valence-electron chi connectivity index (χ3n) is 3.78. The van der Waals surface area contributed by atoms with Crippen LogP contribution in [0.3, 0.4) is 0 Å². The van der Waals surface area contributed by atoms with Crippen molar-refractivity contribution in [2.45, 2.75) is 25.3 Å². The van der Waals surface area contributed by atoms with Gasteiger partial charge in [0.1, 0.15) is 0 Å². The highest BCUT2D eigenvalue weighted by Gasteiger charge is 2.27.